The first-order valence-corrected chi connectivity index (χ1v) is 5.01. The molecule has 4 heteroatoms. The van der Waals surface area contributed by atoms with Gasteiger partial charge in [-0.3, -0.25) is 0 Å². The fourth-order valence-corrected chi connectivity index (χ4v) is 1.67. The van der Waals surface area contributed by atoms with Crippen LogP contribution >= 0.6 is 12.2 Å². The van der Waals surface area contributed by atoms with E-state index >= 15 is 0 Å². The summed E-state index contributed by atoms with van der Waals surface area (Å²) in [5.41, 5.74) is 7.70. The fourth-order valence-electron chi connectivity index (χ4n) is 1.48. The quantitative estimate of drug-likeness (QED) is 0.794. The fraction of sp³-hybridized carbons (Fsp3) is 0.0909. The van der Waals surface area contributed by atoms with E-state index in [1.165, 1.54) is 0 Å². The van der Waals surface area contributed by atoms with Crippen LogP contribution in [0.5, 0.6) is 0 Å². The minimum absolute atomic E-state index is 0.436. The highest BCUT2D eigenvalue weighted by atomic mass is 32.1. The van der Waals surface area contributed by atoms with Crippen molar-refractivity contribution in [3.8, 4) is 0 Å². The molecule has 0 bridgehead atoms. The van der Waals surface area contributed by atoms with Crippen LogP contribution in [0.25, 0.3) is 0 Å². The molecule has 15 heavy (non-hydrogen) atoms. The van der Waals surface area contributed by atoms with E-state index in [0.717, 1.165) is 17.7 Å². The normalized spacial score (nSPS) is 10.1. The van der Waals surface area contributed by atoms with Crippen LogP contribution in [0.2, 0.25) is 0 Å². The van der Waals surface area contributed by atoms with Crippen LogP contribution in [0.1, 0.15) is 11.1 Å². The lowest BCUT2D eigenvalue weighted by Gasteiger charge is -2.08. The number of rotatable bonds is 3. The van der Waals surface area contributed by atoms with Gasteiger partial charge in [-0.2, -0.15) is 0 Å². The second-order valence-corrected chi connectivity index (χ2v) is 3.70. The van der Waals surface area contributed by atoms with Crippen molar-refractivity contribution in [3.05, 3.63) is 54.1 Å². The Morgan fingerprint density at radius 3 is 2.87 bits per heavy atom. The van der Waals surface area contributed by atoms with Crippen molar-refractivity contribution in [1.82, 2.24) is 9.55 Å². The monoisotopic (exact) mass is 217 g/mol. The molecule has 2 N–H and O–H groups in total. The third kappa shape index (κ3) is 2.22. The van der Waals surface area contributed by atoms with Crippen LogP contribution in [0, 0.1) is 0 Å². The van der Waals surface area contributed by atoms with E-state index in [2.05, 4.69) is 4.98 Å². The molecule has 0 saturated carbocycles. The first-order chi connectivity index (χ1) is 7.27. The number of imidazole rings is 1. The zero-order valence-corrected chi connectivity index (χ0v) is 8.95. The number of nitrogens with two attached hydrogens (primary N) is 1. The number of hydrogen-bond acceptors (Lipinski definition) is 2. The molecule has 3 nitrogen and oxygen atoms in total. The highest BCUT2D eigenvalue weighted by Gasteiger charge is 2.03. The van der Waals surface area contributed by atoms with Gasteiger partial charge in [0.2, 0.25) is 0 Å². The molecule has 1 heterocycles. The SMILES string of the molecule is NC(=S)c1ccccc1Cn1ccnc1. The van der Waals surface area contributed by atoms with Gasteiger partial charge in [0.05, 0.1) is 6.33 Å². The maximum atomic E-state index is 5.65. The summed E-state index contributed by atoms with van der Waals surface area (Å²) in [5.74, 6) is 0. The second-order valence-electron chi connectivity index (χ2n) is 3.26. The Hall–Kier alpha value is -1.68. The van der Waals surface area contributed by atoms with Crippen molar-refractivity contribution < 1.29 is 0 Å². The van der Waals surface area contributed by atoms with Gasteiger partial charge < -0.3 is 10.3 Å². The Morgan fingerprint density at radius 1 is 1.40 bits per heavy atom. The zero-order valence-electron chi connectivity index (χ0n) is 8.13. The van der Waals surface area contributed by atoms with Crippen molar-refractivity contribution >= 4 is 17.2 Å². The third-order valence-electron chi connectivity index (χ3n) is 2.19. The summed E-state index contributed by atoms with van der Waals surface area (Å²) in [6.45, 7) is 0.744. The first-order valence-electron chi connectivity index (χ1n) is 4.61. The average Bonchev–Trinajstić information content (AvgIpc) is 2.71. The maximum absolute atomic E-state index is 5.65. The van der Waals surface area contributed by atoms with Gasteiger partial charge in [-0.15, -0.1) is 0 Å². The Morgan fingerprint density at radius 2 is 2.20 bits per heavy atom. The number of benzene rings is 1. The number of aromatic nitrogens is 2. The topological polar surface area (TPSA) is 43.8 Å². The molecule has 0 amide bonds. The predicted molar refractivity (Wildman–Crippen MR) is 63.7 cm³/mol. The summed E-state index contributed by atoms with van der Waals surface area (Å²) in [6, 6.07) is 7.88. The van der Waals surface area contributed by atoms with Crippen molar-refractivity contribution in [2.45, 2.75) is 6.54 Å². The molecule has 1 aromatic heterocycles. The van der Waals surface area contributed by atoms with Crippen LogP contribution in [0.3, 0.4) is 0 Å². The van der Waals surface area contributed by atoms with Gasteiger partial charge in [0, 0.05) is 24.5 Å². The van der Waals surface area contributed by atoms with Gasteiger partial charge in [-0.05, 0) is 5.56 Å². The minimum Gasteiger partial charge on any atom is -0.389 e. The van der Waals surface area contributed by atoms with E-state index in [1.54, 1.807) is 12.5 Å². The second kappa shape index (κ2) is 4.23. The molecule has 76 valence electrons. The summed E-state index contributed by atoms with van der Waals surface area (Å²) in [5, 5.41) is 0. The van der Waals surface area contributed by atoms with Crippen molar-refractivity contribution in [2.75, 3.05) is 0 Å². The molecular weight excluding hydrogens is 206 g/mol. The summed E-state index contributed by atoms with van der Waals surface area (Å²) < 4.78 is 1.98. The summed E-state index contributed by atoms with van der Waals surface area (Å²) in [7, 11) is 0. The lowest BCUT2D eigenvalue weighted by atomic mass is 10.1. The van der Waals surface area contributed by atoms with E-state index in [0.29, 0.717) is 4.99 Å². The lowest BCUT2D eigenvalue weighted by Crippen LogP contribution is -2.13. The van der Waals surface area contributed by atoms with E-state index < -0.39 is 0 Å². The van der Waals surface area contributed by atoms with Gasteiger partial charge in [0.1, 0.15) is 4.99 Å². The number of thiocarbonyl (C=S) groups is 1. The highest BCUT2D eigenvalue weighted by Crippen LogP contribution is 2.10. The van der Waals surface area contributed by atoms with E-state index in [9.17, 15) is 0 Å². The molecular formula is C11H11N3S. The Kier molecular flexibility index (Phi) is 2.78. The molecule has 2 aromatic rings. The molecule has 1 aromatic carbocycles. The lowest BCUT2D eigenvalue weighted by molar-refractivity contribution is 0.796. The number of hydrogen-bond donors (Lipinski definition) is 1. The molecule has 0 aliphatic rings. The van der Waals surface area contributed by atoms with Crippen LogP contribution in [-0.4, -0.2) is 14.5 Å². The Bertz CT molecular complexity index is 462. The minimum atomic E-state index is 0.436. The standard InChI is InChI=1S/C11H11N3S/c12-11(15)10-4-2-1-3-9(10)7-14-6-5-13-8-14/h1-6,8H,7H2,(H2,12,15). The molecule has 0 unspecified atom stereocenters. The van der Waals surface area contributed by atoms with Gasteiger partial charge in [0.25, 0.3) is 0 Å². The molecule has 0 aliphatic carbocycles. The average molecular weight is 217 g/mol. The van der Waals surface area contributed by atoms with Crippen molar-refractivity contribution in [2.24, 2.45) is 5.73 Å². The molecule has 0 saturated heterocycles. The van der Waals surface area contributed by atoms with Crippen LogP contribution in [-0.2, 0) is 6.54 Å². The molecule has 0 radical (unpaired) electrons. The zero-order chi connectivity index (χ0) is 10.7. The molecule has 0 spiro atoms. The number of nitrogens with zero attached hydrogens (tertiary/aromatic N) is 2. The highest BCUT2D eigenvalue weighted by molar-refractivity contribution is 7.80. The van der Waals surface area contributed by atoms with E-state index in [4.69, 9.17) is 18.0 Å². The summed E-state index contributed by atoms with van der Waals surface area (Å²) in [4.78, 5) is 4.43. The largest absolute Gasteiger partial charge is 0.389 e. The van der Waals surface area contributed by atoms with Gasteiger partial charge in [-0.1, -0.05) is 36.5 Å². The van der Waals surface area contributed by atoms with Crippen molar-refractivity contribution in [3.63, 3.8) is 0 Å². The van der Waals surface area contributed by atoms with Gasteiger partial charge >= 0.3 is 0 Å². The van der Waals surface area contributed by atoms with Crippen LogP contribution < -0.4 is 5.73 Å². The molecule has 2 rings (SSSR count). The predicted octanol–water partition coefficient (Wildman–Crippen LogP) is 1.57. The Labute approximate surface area is 93.6 Å². The molecule has 0 atom stereocenters. The first kappa shape index (κ1) is 9.86. The molecule has 0 fully saturated rings. The van der Waals surface area contributed by atoms with Gasteiger partial charge in [-0.25, -0.2) is 4.98 Å². The van der Waals surface area contributed by atoms with E-state index in [1.807, 2.05) is 35.0 Å². The van der Waals surface area contributed by atoms with Crippen LogP contribution in [0.15, 0.2) is 43.0 Å². The van der Waals surface area contributed by atoms with Crippen LogP contribution in [0.4, 0.5) is 0 Å². The summed E-state index contributed by atoms with van der Waals surface area (Å²) >= 11 is 5.00. The summed E-state index contributed by atoms with van der Waals surface area (Å²) in [6.07, 6.45) is 5.44. The van der Waals surface area contributed by atoms with Crippen molar-refractivity contribution in [1.29, 1.82) is 0 Å². The smallest absolute Gasteiger partial charge is 0.104 e. The maximum Gasteiger partial charge on any atom is 0.104 e. The molecule has 0 aliphatic heterocycles. The third-order valence-corrected chi connectivity index (χ3v) is 2.41. The van der Waals surface area contributed by atoms with Gasteiger partial charge in [0.15, 0.2) is 0 Å². The van der Waals surface area contributed by atoms with E-state index in [-0.39, 0.29) is 0 Å². The Balaban J connectivity index is 2.32.